The van der Waals surface area contributed by atoms with Gasteiger partial charge >= 0.3 is 0 Å². The van der Waals surface area contributed by atoms with Gasteiger partial charge in [-0.3, -0.25) is 9.59 Å². The first kappa shape index (κ1) is 28.5. The summed E-state index contributed by atoms with van der Waals surface area (Å²) in [7, 11) is -2.32. The normalized spacial score (nSPS) is 15.1. The van der Waals surface area contributed by atoms with Crippen LogP contribution in [0.2, 0.25) is 0 Å². The topological polar surface area (TPSA) is 92.8 Å². The maximum Gasteiger partial charge on any atom is 0.259 e. The molecule has 4 rings (SSSR count). The first-order valence-corrected chi connectivity index (χ1v) is 14.6. The number of nitrogens with zero attached hydrogens (tertiary/aromatic N) is 1. The molecular weight excluding hydrogens is 512 g/mol. The lowest BCUT2D eigenvalue weighted by Gasteiger charge is -2.29. The van der Waals surface area contributed by atoms with Gasteiger partial charge in [-0.25, -0.2) is 8.42 Å². The SMILES string of the molecule is COc1ccc(S(=O)(=O)N2CCC(C)CC2)cc1C(=O)Nc1cccc(C(=O)c2ccc(C(C)(C)C)cc2)c1. The average molecular weight is 549 g/mol. The standard InChI is InChI=1S/C31H36N2O5S/c1-21-15-17-33(18-16-21)39(36,37)26-13-14-28(38-5)27(20-26)30(35)32-25-8-6-7-23(19-25)29(34)22-9-11-24(12-10-22)31(2,3)4/h6-14,19-21H,15-18H2,1-5H3,(H,32,35). The van der Waals surface area contributed by atoms with Gasteiger partial charge in [-0.1, -0.05) is 64.1 Å². The number of benzene rings is 3. The van der Waals surface area contributed by atoms with Crippen LogP contribution < -0.4 is 10.1 Å². The monoisotopic (exact) mass is 548 g/mol. The van der Waals surface area contributed by atoms with Gasteiger partial charge in [0.25, 0.3) is 5.91 Å². The lowest BCUT2D eigenvalue weighted by Crippen LogP contribution is -2.37. The van der Waals surface area contributed by atoms with Gasteiger partial charge in [-0.15, -0.1) is 0 Å². The van der Waals surface area contributed by atoms with Gasteiger partial charge in [0.1, 0.15) is 5.75 Å². The zero-order valence-electron chi connectivity index (χ0n) is 23.2. The number of nitrogens with one attached hydrogen (secondary N) is 1. The van der Waals surface area contributed by atoms with E-state index in [1.807, 2.05) is 24.3 Å². The van der Waals surface area contributed by atoms with Crippen LogP contribution in [0.15, 0.2) is 71.6 Å². The maximum atomic E-state index is 13.3. The number of sulfonamides is 1. The number of ether oxygens (including phenoxy) is 1. The summed E-state index contributed by atoms with van der Waals surface area (Å²) in [6.45, 7) is 9.37. The molecule has 8 heteroatoms. The van der Waals surface area contributed by atoms with Crippen molar-refractivity contribution in [1.82, 2.24) is 4.31 Å². The van der Waals surface area contributed by atoms with Crippen LogP contribution in [0.1, 0.15) is 72.4 Å². The first-order chi connectivity index (χ1) is 18.4. The van der Waals surface area contributed by atoms with Crippen LogP contribution in [0.25, 0.3) is 0 Å². The van der Waals surface area contributed by atoms with Crippen molar-refractivity contribution in [3.8, 4) is 5.75 Å². The van der Waals surface area contributed by atoms with E-state index in [0.29, 0.717) is 35.8 Å². The minimum Gasteiger partial charge on any atom is -0.496 e. The number of hydrogen-bond donors (Lipinski definition) is 1. The summed E-state index contributed by atoms with van der Waals surface area (Å²) in [6, 6.07) is 18.5. The molecule has 1 N–H and O–H groups in total. The van der Waals surface area contributed by atoms with Crippen molar-refractivity contribution in [2.75, 3.05) is 25.5 Å². The van der Waals surface area contributed by atoms with Crippen molar-refractivity contribution in [3.63, 3.8) is 0 Å². The Morgan fingerprint density at radius 1 is 0.923 bits per heavy atom. The number of carbonyl (C=O) groups excluding carboxylic acids is 2. The summed E-state index contributed by atoms with van der Waals surface area (Å²) >= 11 is 0. The lowest BCUT2D eigenvalue weighted by molar-refractivity contribution is 0.101. The predicted octanol–water partition coefficient (Wildman–Crippen LogP) is 5.90. The van der Waals surface area contributed by atoms with Gasteiger partial charge in [0.05, 0.1) is 17.6 Å². The molecule has 1 aliphatic heterocycles. The van der Waals surface area contributed by atoms with Gasteiger partial charge < -0.3 is 10.1 Å². The Labute approximate surface area is 231 Å². The molecule has 1 heterocycles. The molecule has 1 fully saturated rings. The van der Waals surface area contributed by atoms with Crippen LogP contribution in [-0.4, -0.2) is 44.6 Å². The molecule has 1 saturated heterocycles. The molecule has 206 valence electrons. The number of piperidine rings is 1. The summed E-state index contributed by atoms with van der Waals surface area (Å²) in [5.41, 5.74) is 2.61. The Balaban J connectivity index is 1.56. The fourth-order valence-corrected chi connectivity index (χ4v) is 6.12. The number of carbonyl (C=O) groups is 2. The lowest BCUT2D eigenvalue weighted by atomic mass is 9.86. The molecule has 0 aliphatic carbocycles. The van der Waals surface area contributed by atoms with Crippen LogP contribution in [0.5, 0.6) is 5.75 Å². The predicted molar refractivity (Wildman–Crippen MR) is 153 cm³/mol. The second kappa shape index (κ2) is 11.3. The molecule has 0 aromatic heterocycles. The fourth-order valence-electron chi connectivity index (χ4n) is 4.62. The van der Waals surface area contributed by atoms with Gasteiger partial charge in [0.15, 0.2) is 5.78 Å². The van der Waals surface area contributed by atoms with E-state index in [2.05, 4.69) is 33.0 Å². The summed E-state index contributed by atoms with van der Waals surface area (Å²) in [5.74, 6) is 0.0485. The third kappa shape index (κ3) is 6.40. The van der Waals surface area contributed by atoms with Crippen LogP contribution in [0, 0.1) is 5.92 Å². The molecule has 0 spiro atoms. The maximum absolute atomic E-state index is 13.3. The number of methoxy groups -OCH3 is 1. The van der Waals surface area contributed by atoms with Crippen LogP contribution in [-0.2, 0) is 15.4 Å². The van der Waals surface area contributed by atoms with Crippen molar-refractivity contribution in [1.29, 1.82) is 0 Å². The highest BCUT2D eigenvalue weighted by atomic mass is 32.2. The minimum atomic E-state index is -3.75. The number of amides is 1. The summed E-state index contributed by atoms with van der Waals surface area (Å²) < 4.78 is 33.4. The Morgan fingerprint density at radius 2 is 1.59 bits per heavy atom. The summed E-state index contributed by atoms with van der Waals surface area (Å²) in [6.07, 6.45) is 1.61. The quantitative estimate of drug-likeness (QED) is 0.371. The van der Waals surface area contributed by atoms with Gasteiger partial charge in [-0.2, -0.15) is 4.31 Å². The van der Waals surface area contributed by atoms with E-state index < -0.39 is 15.9 Å². The molecule has 7 nitrogen and oxygen atoms in total. The number of rotatable bonds is 7. The molecule has 0 saturated carbocycles. The minimum absolute atomic E-state index is 0.0180. The Morgan fingerprint density at radius 3 is 2.21 bits per heavy atom. The summed E-state index contributed by atoms with van der Waals surface area (Å²) in [5, 5.41) is 2.79. The van der Waals surface area contributed by atoms with E-state index in [-0.39, 0.29) is 27.4 Å². The zero-order chi connectivity index (χ0) is 28.4. The smallest absolute Gasteiger partial charge is 0.259 e. The van der Waals surface area contributed by atoms with Crippen LogP contribution >= 0.6 is 0 Å². The third-order valence-corrected chi connectivity index (χ3v) is 9.09. The van der Waals surface area contributed by atoms with Crippen LogP contribution in [0.3, 0.4) is 0 Å². The molecule has 1 amide bonds. The highest BCUT2D eigenvalue weighted by molar-refractivity contribution is 7.89. The highest BCUT2D eigenvalue weighted by Gasteiger charge is 2.29. The van der Waals surface area contributed by atoms with E-state index in [1.54, 1.807) is 24.3 Å². The molecule has 0 atom stereocenters. The van der Waals surface area contributed by atoms with E-state index in [1.165, 1.54) is 29.6 Å². The average Bonchev–Trinajstić information content (AvgIpc) is 2.92. The van der Waals surface area contributed by atoms with Crippen molar-refractivity contribution in [2.24, 2.45) is 5.92 Å². The Kier molecular flexibility index (Phi) is 8.28. The highest BCUT2D eigenvalue weighted by Crippen LogP contribution is 2.29. The van der Waals surface area contributed by atoms with Gasteiger partial charge in [0, 0.05) is 29.9 Å². The zero-order valence-corrected chi connectivity index (χ0v) is 24.0. The second-order valence-electron chi connectivity index (χ2n) is 11.1. The summed E-state index contributed by atoms with van der Waals surface area (Å²) in [4.78, 5) is 26.5. The Hall–Kier alpha value is -3.49. The van der Waals surface area contributed by atoms with Crippen molar-refractivity contribution in [2.45, 2.75) is 50.8 Å². The largest absolute Gasteiger partial charge is 0.496 e. The molecule has 3 aromatic carbocycles. The van der Waals surface area contributed by atoms with Crippen molar-refractivity contribution in [3.05, 3.63) is 89.0 Å². The van der Waals surface area contributed by atoms with E-state index >= 15 is 0 Å². The number of hydrogen-bond acceptors (Lipinski definition) is 5. The number of anilines is 1. The Bertz CT molecular complexity index is 1470. The molecule has 39 heavy (non-hydrogen) atoms. The number of ketones is 1. The van der Waals surface area contributed by atoms with E-state index in [9.17, 15) is 18.0 Å². The first-order valence-electron chi connectivity index (χ1n) is 13.1. The fraction of sp³-hybridized carbons (Fsp3) is 0.355. The van der Waals surface area contributed by atoms with Crippen LogP contribution in [0.4, 0.5) is 5.69 Å². The molecule has 0 radical (unpaired) electrons. The third-order valence-electron chi connectivity index (χ3n) is 7.19. The van der Waals surface area contributed by atoms with E-state index in [0.717, 1.165) is 18.4 Å². The molecular formula is C31H36N2O5S. The molecule has 0 bridgehead atoms. The molecule has 3 aromatic rings. The van der Waals surface area contributed by atoms with Crippen molar-refractivity contribution < 1.29 is 22.7 Å². The van der Waals surface area contributed by atoms with Crippen molar-refractivity contribution >= 4 is 27.4 Å². The van der Waals surface area contributed by atoms with E-state index in [4.69, 9.17) is 4.74 Å². The molecule has 0 unspecified atom stereocenters. The van der Waals surface area contributed by atoms with Gasteiger partial charge in [0.2, 0.25) is 10.0 Å². The second-order valence-corrected chi connectivity index (χ2v) is 13.1. The molecule has 1 aliphatic rings. The van der Waals surface area contributed by atoms with Gasteiger partial charge in [-0.05, 0) is 60.1 Å².